The Kier molecular flexibility index (Phi) is 3.17. The third-order valence-corrected chi connectivity index (χ3v) is 3.32. The SMILES string of the molecule is OC(c1cccc(C2CCC2)c1)C(F)(F)Cl. The van der Waals surface area contributed by atoms with Gasteiger partial charge in [-0.2, -0.15) is 8.78 Å². The van der Waals surface area contributed by atoms with Crippen LogP contribution in [0, 0.1) is 0 Å². The molecule has 0 saturated heterocycles. The molecule has 0 aromatic heterocycles. The summed E-state index contributed by atoms with van der Waals surface area (Å²) in [4.78, 5) is 0. The number of hydrogen-bond acceptors (Lipinski definition) is 1. The minimum absolute atomic E-state index is 0.185. The van der Waals surface area contributed by atoms with Crippen molar-refractivity contribution in [2.75, 3.05) is 0 Å². The molecule has 0 radical (unpaired) electrons. The number of benzene rings is 1. The molecular formula is C12H13ClF2O. The lowest BCUT2D eigenvalue weighted by Crippen LogP contribution is -2.19. The van der Waals surface area contributed by atoms with Gasteiger partial charge in [0.05, 0.1) is 0 Å². The lowest BCUT2D eigenvalue weighted by molar-refractivity contribution is -0.0425. The average molecular weight is 247 g/mol. The Morgan fingerprint density at radius 1 is 1.38 bits per heavy atom. The Labute approximate surface area is 98.0 Å². The molecule has 16 heavy (non-hydrogen) atoms. The second-order valence-corrected chi connectivity index (χ2v) is 4.75. The number of aliphatic hydroxyl groups excluding tert-OH is 1. The van der Waals surface area contributed by atoms with E-state index in [2.05, 4.69) is 0 Å². The lowest BCUT2D eigenvalue weighted by Gasteiger charge is -2.27. The van der Waals surface area contributed by atoms with Gasteiger partial charge in [-0.3, -0.25) is 0 Å². The largest absolute Gasteiger partial charge is 0.381 e. The summed E-state index contributed by atoms with van der Waals surface area (Å²) in [5.74, 6) is 0.455. The van der Waals surface area contributed by atoms with Gasteiger partial charge >= 0.3 is 5.38 Å². The second kappa shape index (κ2) is 4.30. The highest BCUT2D eigenvalue weighted by molar-refractivity contribution is 6.22. The van der Waals surface area contributed by atoms with Gasteiger partial charge < -0.3 is 5.11 Å². The Hall–Kier alpha value is -0.670. The maximum absolute atomic E-state index is 12.7. The average Bonchev–Trinajstić information content (AvgIpc) is 2.13. The van der Waals surface area contributed by atoms with Crippen LogP contribution in [-0.4, -0.2) is 10.5 Å². The van der Waals surface area contributed by atoms with Crippen LogP contribution in [0.15, 0.2) is 24.3 Å². The summed E-state index contributed by atoms with van der Waals surface area (Å²) in [7, 11) is 0. The topological polar surface area (TPSA) is 20.2 Å². The Morgan fingerprint density at radius 2 is 2.06 bits per heavy atom. The van der Waals surface area contributed by atoms with E-state index in [0.29, 0.717) is 5.92 Å². The highest BCUT2D eigenvalue weighted by Crippen LogP contribution is 2.39. The van der Waals surface area contributed by atoms with Gasteiger partial charge in [0.25, 0.3) is 0 Å². The molecule has 0 spiro atoms. The van der Waals surface area contributed by atoms with Crippen LogP contribution in [0.25, 0.3) is 0 Å². The van der Waals surface area contributed by atoms with E-state index in [-0.39, 0.29) is 5.56 Å². The van der Waals surface area contributed by atoms with E-state index >= 15 is 0 Å². The molecule has 1 nitrogen and oxygen atoms in total. The number of aliphatic hydroxyl groups is 1. The summed E-state index contributed by atoms with van der Waals surface area (Å²) < 4.78 is 25.5. The second-order valence-electron chi connectivity index (χ2n) is 4.24. The van der Waals surface area contributed by atoms with E-state index in [1.54, 1.807) is 12.1 Å². The number of halogens is 3. The quantitative estimate of drug-likeness (QED) is 0.804. The van der Waals surface area contributed by atoms with Gasteiger partial charge in [0, 0.05) is 0 Å². The van der Waals surface area contributed by atoms with Crippen LogP contribution < -0.4 is 0 Å². The Bertz CT molecular complexity index is 372. The molecular weight excluding hydrogens is 234 g/mol. The molecule has 0 amide bonds. The van der Waals surface area contributed by atoms with E-state index in [9.17, 15) is 13.9 Å². The van der Waals surface area contributed by atoms with Crippen LogP contribution in [0.3, 0.4) is 0 Å². The van der Waals surface area contributed by atoms with Crippen molar-refractivity contribution in [3.05, 3.63) is 35.4 Å². The smallest absolute Gasteiger partial charge is 0.351 e. The van der Waals surface area contributed by atoms with Crippen molar-refractivity contribution >= 4 is 11.6 Å². The van der Waals surface area contributed by atoms with Gasteiger partial charge in [0.1, 0.15) is 0 Å². The van der Waals surface area contributed by atoms with Crippen molar-refractivity contribution in [2.24, 2.45) is 0 Å². The lowest BCUT2D eigenvalue weighted by atomic mass is 9.79. The molecule has 1 aromatic carbocycles. The van der Waals surface area contributed by atoms with Crippen molar-refractivity contribution in [1.82, 2.24) is 0 Å². The summed E-state index contributed by atoms with van der Waals surface area (Å²) >= 11 is 4.81. The molecule has 1 fully saturated rings. The molecule has 1 aliphatic rings. The zero-order valence-corrected chi connectivity index (χ0v) is 9.42. The molecule has 4 heteroatoms. The third kappa shape index (κ3) is 2.36. The molecule has 2 rings (SSSR count). The van der Waals surface area contributed by atoms with Crippen molar-refractivity contribution < 1.29 is 13.9 Å². The first kappa shape index (κ1) is 11.8. The first-order valence-corrected chi connectivity index (χ1v) is 5.71. The molecule has 1 saturated carbocycles. The highest BCUT2D eigenvalue weighted by atomic mass is 35.5. The zero-order valence-electron chi connectivity index (χ0n) is 8.67. The van der Waals surface area contributed by atoms with Gasteiger partial charge in [0.2, 0.25) is 0 Å². The van der Waals surface area contributed by atoms with E-state index in [1.807, 2.05) is 6.07 Å². The molecule has 0 aliphatic heterocycles. The van der Waals surface area contributed by atoms with Crippen molar-refractivity contribution in [1.29, 1.82) is 0 Å². The fourth-order valence-electron chi connectivity index (χ4n) is 1.91. The molecule has 1 unspecified atom stereocenters. The first-order chi connectivity index (χ1) is 7.48. The van der Waals surface area contributed by atoms with Crippen LogP contribution in [0.1, 0.15) is 42.4 Å². The van der Waals surface area contributed by atoms with Gasteiger partial charge in [-0.1, -0.05) is 30.7 Å². The van der Waals surface area contributed by atoms with Gasteiger partial charge in [-0.25, -0.2) is 0 Å². The Balaban J connectivity index is 2.21. The van der Waals surface area contributed by atoms with E-state index in [4.69, 9.17) is 11.6 Å². The van der Waals surface area contributed by atoms with Crippen molar-refractivity contribution in [3.8, 4) is 0 Å². The van der Waals surface area contributed by atoms with Crippen LogP contribution in [0.4, 0.5) is 8.78 Å². The fourth-order valence-corrected chi connectivity index (χ4v) is 2.04. The monoisotopic (exact) mass is 246 g/mol. The molecule has 1 aliphatic carbocycles. The van der Waals surface area contributed by atoms with Crippen molar-refractivity contribution in [2.45, 2.75) is 36.7 Å². The minimum Gasteiger partial charge on any atom is -0.381 e. The normalized spacial score (nSPS) is 19.2. The molecule has 1 N–H and O–H groups in total. The maximum atomic E-state index is 12.7. The van der Waals surface area contributed by atoms with Gasteiger partial charge in [0.15, 0.2) is 6.10 Å². The molecule has 0 bridgehead atoms. The van der Waals surface area contributed by atoms with Crippen LogP contribution in [0.2, 0.25) is 0 Å². The molecule has 0 heterocycles. The predicted molar refractivity (Wildman–Crippen MR) is 58.8 cm³/mol. The summed E-state index contributed by atoms with van der Waals surface area (Å²) in [6, 6.07) is 6.70. The zero-order chi connectivity index (χ0) is 11.8. The summed E-state index contributed by atoms with van der Waals surface area (Å²) in [6.07, 6.45) is 1.44. The highest BCUT2D eigenvalue weighted by Gasteiger charge is 2.37. The third-order valence-electron chi connectivity index (χ3n) is 3.11. The van der Waals surface area contributed by atoms with Gasteiger partial charge in [-0.15, -0.1) is 0 Å². The standard InChI is InChI=1S/C12H13ClF2O/c13-12(14,15)11(16)10-6-2-5-9(7-10)8-3-1-4-8/h2,5-8,11,16H,1,3-4H2. The predicted octanol–water partition coefficient (Wildman–Crippen LogP) is 3.82. The van der Waals surface area contributed by atoms with E-state index in [0.717, 1.165) is 18.4 Å². The summed E-state index contributed by atoms with van der Waals surface area (Å²) in [5.41, 5.74) is 1.20. The minimum atomic E-state index is -3.61. The number of hydrogen-bond donors (Lipinski definition) is 1. The number of alkyl halides is 3. The molecule has 1 aromatic rings. The van der Waals surface area contributed by atoms with Crippen LogP contribution >= 0.6 is 11.6 Å². The summed E-state index contributed by atoms with van der Waals surface area (Å²) in [5, 5.41) is 5.76. The van der Waals surface area contributed by atoms with Gasteiger partial charge in [-0.05, 0) is 41.5 Å². The number of rotatable bonds is 3. The molecule has 88 valence electrons. The Morgan fingerprint density at radius 3 is 2.56 bits per heavy atom. The fraction of sp³-hybridized carbons (Fsp3) is 0.500. The van der Waals surface area contributed by atoms with Crippen LogP contribution in [-0.2, 0) is 0 Å². The van der Waals surface area contributed by atoms with E-state index in [1.165, 1.54) is 12.5 Å². The van der Waals surface area contributed by atoms with Crippen molar-refractivity contribution in [3.63, 3.8) is 0 Å². The maximum Gasteiger partial charge on any atom is 0.351 e. The van der Waals surface area contributed by atoms with Crippen LogP contribution in [0.5, 0.6) is 0 Å². The summed E-state index contributed by atoms with van der Waals surface area (Å²) in [6.45, 7) is 0. The molecule has 1 atom stereocenters. The first-order valence-electron chi connectivity index (χ1n) is 5.33. The van der Waals surface area contributed by atoms with E-state index < -0.39 is 11.5 Å².